The van der Waals surface area contributed by atoms with E-state index in [1.165, 1.54) is 18.2 Å². The maximum Gasteiger partial charge on any atom is 0.416 e. The van der Waals surface area contributed by atoms with Gasteiger partial charge in [-0.3, -0.25) is 9.59 Å². The van der Waals surface area contributed by atoms with E-state index in [9.17, 15) is 35.9 Å². The number of amides is 2. The molecule has 2 heterocycles. The van der Waals surface area contributed by atoms with Crippen molar-refractivity contribution in [2.24, 2.45) is 17.2 Å². The number of primary amides is 2. The first kappa shape index (κ1) is 43.4. The van der Waals surface area contributed by atoms with E-state index in [0.717, 1.165) is 43.0 Å². The average molecular weight is 803 g/mol. The van der Waals surface area contributed by atoms with Crippen LogP contribution in [0.15, 0.2) is 121 Å². The molecule has 4 aromatic carbocycles. The third-order valence-electron chi connectivity index (χ3n) is 7.77. The highest BCUT2D eigenvalue weighted by atomic mass is 19.4. The highest BCUT2D eigenvalue weighted by Gasteiger charge is 2.32. The lowest BCUT2D eigenvalue weighted by Gasteiger charge is -2.13. The van der Waals surface area contributed by atoms with Gasteiger partial charge in [-0.05, 0) is 109 Å². The molecule has 11 nitrogen and oxygen atoms in total. The number of rotatable bonds is 9. The molecule has 0 fully saturated rings. The van der Waals surface area contributed by atoms with Gasteiger partial charge in [0.25, 0.3) is 11.8 Å². The zero-order valence-corrected chi connectivity index (χ0v) is 30.2. The number of nitrogens with two attached hydrogens (primary N) is 3. The van der Waals surface area contributed by atoms with Crippen molar-refractivity contribution < 1.29 is 50.5 Å². The van der Waals surface area contributed by atoms with E-state index in [4.69, 9.17) is 38.4 Å². The topological polar surface area (TPSA) is 181 Å². The normalized spacial score (nSPS) is 10.8. The molecule has 58 heavy (non-hydrogen) atoms. The molecule has 6 rings (SSSR count). The summed E-state index contributed by atoms with van der Waals surface area (Å²) < 4.78 is 88.0. The number of ether oxygens (including phenoxy) is 2. The first-order valence-corrected chi connectivity index (χ1v) is 16.6. The summed E-state index contributed by atoms with van der Waals surface area (Å²) in [6.45, 7) is 6.99. The molecule has 0 aliphatic heterocycles. The maximum absolute atomic E-state index is 12.8. The van der Waals surface area contributed by atoms with Crippen molar-refractivity contribution in [1.82, 2.24) is 9.97 Å². The lowest BCUT2D eigenvalue weighted by molar-refractivity contribution is -0.138. The van der Waals surface area contributed by atoms with Gasteiger partial charge in [0.1, 0.15) is 34.4 Å². The minimum Gasteiger partial charge on any atom is -0.468 e. The Morgan fingerprint density at radius 2 is 1.05 bits per heavy atom. The highest BCUT2D eigenvalue weighted by Crippen LogP contribution is 2.39. The smallest absolute Gasteiger partial charge is 0.416 e. The molecule has 0 saturated heterocycles. The molecule has 0 bridgehead atoms. The fourth-order valence-electron chi connectivity index (χ4n) is 4.99. The number of benzene rings is 4. The standard InChI is InChI=1S/C20H12F3N3O2.C20H16F3N3O2.CH4O/c1-25-17-11-13(20(21,22)23)7-10-18(17)28-14-8-5-12(6-9-14)15-3-2-4-16(26-15)19(24)27;21-20(22,23)14-6-9-18(13(10-14)11-24)28-15-7-4-12(5-8-15)16-2-1-3-17(26-16)19(25)27;1-2/h2-11H,(H2,24,27);1-10H,11,24H2,(H2,25,27);2H,1H3. The molecular formula is C41H32F6N6O5. The molecule has 6 aromatic rings. The number of aliphatic hydroxyl groups is 1. The summed E-state index contributed by atoms with van der Waals surface area (Å²) in [5.41, 5.74) is 17.1. The molecular weight excluding hydrogens is 770 g/mol. The Balaban J connectivity index is 0.000000246. The van der Waals surface area contributed by atoms with Crippen LogP contribution in [-0.4, -0.2) is 34.0 Å². The van der Waals surface area contributed by atoms with Crippen molar-refractivity contribution in [3.63, 3.8) is 0 Å². The molecule has 17 heteroatoms. The van der Waals surface area contributed by atoms with Crippen molar-refractivity contribution in [2.75, 3.05) is 7.11 Å². The number of aliphatic hydroxyl groups excluding tert-OH is 1. The summed E-state index contributed by atoms with van der Waals surface area (Å²) in [7, 11) is 1.00. The Kier molecular flexibility index (Phi) is 14.3. The van der Waals surface area contributed by atoms with Crippen LogP contribution in [-0.2, 0) is 18.9 Å². The van der Waals surface area contributed by atoms with Crippen molar-refractivity contribution in [2.45, 2.75) is 18.9 Å². The molecule has 298 valence electrons. The number of pyridine rings is 2. The number of aromatic nitrogens is 2. The number of alkyl halides is 6. The van der Waals surface area contributed by atoms with Gasteiger partial charge in [0, 0.05) is 35.9 Å². The molecule has 0 spiro atoms. The molecule has 0 aliphatic carbocycles. The zero-order valence-electron chi connectivity index (χ0n) is 30.2. The van der Waals surface area contributed by atoms with Crippen LogP contribution in [0.5, 0.6) is 23.0 Å². The lowest BCUT2D eigenvalue weighted by atomic mass is 10.1. The van der Waals surface area contributed by atoms with E-state index >= 15 is 0 Å². The number of carbonyl (C=O) groups excluding carboxylic acids is 2. The van der Waals surface area contributed by atoms with Crippen molar-refractivity contribution >= 4 is 17.5 Å². The van der Waals surface area contributed by atoms with Crippen LogP contribution in [0.25, 0.3) is 27.4 Å². The molecule has 0 saturated carbocycles. The lowest BCUT2D eigenvalue weighted by Crippen LogP contribution is -2.12. The monoisotopic (exact) mass is 802 g/mol. The Morgan fingerprint density at radius 1 is 0.638 bits per heavy atom. The summed E-state index contributed by atoms with van der Waals surface area (Å²) in [5.74, 6) is -0.250. The van der Waals surface area contributed by atoms with Gasteiger partial charge in [0.2, 0.25) is 5.69 Å². The van der Waals surface area contributed by atoms with Crippen molar-refractivity contribution in [3.05, 3.63) is 161 Å². The molecule has 0 radical (unpaired) electrons. The van der Waals surface area contributed by atoms with Crippen LogP contribution < -0.4 is 26.7 Å². The van der Waals surface area contributed by atoms with Gasteiger partial charge in [0.05, 0.1) is 23.5 Å². The van der Waals surface area contributed by atoms with Gasteiger partial charge in [0.15, 0.2) is 0 Å². The molecule has 2 amide bonds. The van der Waals surface area contributed by atoms with Crippen LogP contribution in [0.4, 0.5) is 32.0 Å². The molecule has 2 aromatic heterocycles. The van der Waals surface area contributed by atoms with Crippen molar-refractivity contribution in [3.8, 4) is 45.5 Å². The largest absolute Gasteiger partial charge is 0.468 e. The van der Waals surface area contributed by atoms with Gasteiger partial charge in [-0.2, -0.15) is 26.3 Å². The third kappa shape index (κ3) is 11.4. The third-order valence-corrected chi connectivity index (χ3v) is 7.77. The predicted molar refractivity (Wildman–Crippen MR) is 202 cm³/mol. The molecule has 0 atom stereocenters. The number of hydrogen-bond acceptors (Lipinski definition) is 8. The van der Waals surface area contributed by atoms with Crippen molar-refractivity contribution in [1.29, 1.82) is 0 Å². The van der Waals surface area contributed by atoms with Crippen LogP contribution in [0, 0.1) is 6.57 Å². The van der Waals surface area contributed by atoms with Gasteiger partial charge in [-0.25, -0.2) is 14.8 Å². The number of hydrogen-bond donors (Lipinski definition) is 4. The summed E-state index contributed by atoms with van der Waals surface area (Å²) in [6, 6.07) is 28.9. The predicted octanol–water partition coefficient (Wildman–Crippen LogP) is 8.94. The molecule has 0 unspecified atom stereocenters. The highest BCUT2D eigenvalue weighted by molar-refractivity contribution is 5.91. The number of nitrogens with zero attached hydrogens (tertiary/aromatic N) is 3. The van der Waals surface area contributed by atoms with Crippen LogP contribution in [0.3, 0.4) is 0 Å². The SMILES string of the molecule is CO.NCc1cc(C(F)(F)F)ccc1Oc1ccc(-c2cccc(C(N)=O)n2)cc1.[C-]#[N+]c1cc(C(F)(F)F)ccc1Oc1ccc(-c2cccc(C(N)=O)n2)cc1. The van der Waals surface area contributed by atoms with Gasteiger partial charge < -0.3 is 31.8 Å². The van der Waals surface area contributed by atoms with Crippen LogP contribution in [0.2, 0.25) is 0 Å². The summed E-state index contributed by atoms with van der Waals surface area (Å²) >= 11 is 0. The minimum atomic E-state index is -4.54. The number of carbonyl (C=O) groups is 2. The fourth-order valence-corrected chi connectivity index (χ4v) is 4.99. The summed E-state index contributed by atoms with van der Waals surface area (Å²) in [4.78, 5) is 33.9. The first-order valence-electron chi connectivity index (χ1n) is 16.6. The average Bonchev–Trinajstić information content (AvgIpc) is 3.22. The second kappa shape index (κ2) is 19.0. The van der Waals surface area contributed by atoms with E-state index in [1.54, 1.807) is 72.8 Å². The van der Waals surface area contributed by atoms with Gasteiger partial charge in [-0.1, -0.05) is 12.1 Å². The second-order valence-electron chi connectivity index (χ2n) is 11.6. The molecule has 7 N–H and O–H groups in total. The Morgan fingerprint density at radius 3 is 1.45 bits per heavy atom. The van der Waals surface area contributed by atoms with E-state index in [-0.39, 0.29) is 40.7 Å². The van der Waals surface area contributed by atoms with Crippen LogP contribution in [0.1, 0.15) is 37.7 Å². The summed E-state index contributed by atoms with van der Waals surface area (Å²) in [6.07, 6.45) is -8.98. The maximum atomic E-state index is 12.8. The Hall–Kier alpha value is -7.29. The number of halogens is 6. The van der Waals surface area contributed by atoms with Gasteiger partial charge in [-0.15, -0.1) is 0 Å². The first-order chi connectivity index (χ1) is 27.5. The Labute approximate surface area is 327 Å². The Bertz CT molecular complexity index is 2420. The van der Waals surface area contributed by atoms with E-state index in [0.29, 0.717) is 28.5 Å². The quantitative estimate of drug-likeness (QED) is 0.0826. The summed E-state index contributed by atoms with van der Waals surface area (Å²) in [5, 5.41) is 7.00. The van der Waals surface area contributed by atoms with Gasteiger partial charge >= 0.3 is 12.4 Å². The van der Waals surface area contributed by atoms with Crippen LogP contribution >= 0.6 is 0 Å². The van der Waals surface area contributed by atoms with E-state index < -0.39 is 35.3 Å². The minimum absolute atomic E-state index is 0.0181. The second-order valence-corrected chi connectivity index (χ2v) is 11.6. The fraction of sp³-hybridized carbons (Fsp3) is 0.0976. The molecule has 0 aliphatic rings. The zero-order chi connectivity index (χ0) is 42.6. The van der Waals surface area contributed by atoms with E-state index in [2.05, 4.69) is 14.8 Å². The van der Waals surface area contributed by atoms with E-state index in [1.807, 2.05) is 0 Å².